The van der Waals surface area contributed by atoms with Gasteiger partial charge in [-0.3, -0.25) is 0 Å². The molecule has 0 amide bonds. The van der Waals surface area contributed by atoms with Gasteiger partial charge < -0.3 is 5.32 Å². The first-order valence-corrected chi connectivity index (χ1v) is 5.99. The van der Waals surface area contributed by atoms with Gasteiger partial charge in [-0.25, -0.2) is 0 Å². The maximum absolute atomic E-state index is 3.47. The van der Waals surface area contributed by atoms with Crippen molar-refractivity contribution in [3.05, 3.63) is 30.3 Å². The molecule has 14 heavy (non-hydrogen) atoms. The van der Waals surface area contributed by atoms with E-state index in [9.17, 15) is 0 Å². The molecule has 1 rings (SSSR count). The highest BCUT2D eigenvalue weighted by Crippen LogP contribution is 2.16. The van der Waals surface area contributed by atoms with E-state index in [4.69, 9.17) is 0 Å². The summed E-state index contributed by atoms with van der Waals surface area (Å²) in [5, 5.41) is 3.47. The minimum Gasteiger partial charge on any atom is -0.311 e. The second kappa shape index (κ2) is 5.42. The van der Waals surface area contributed by atoms with Gasteiger partial charge in [0.25, 0.3) is 0 Å². The van der Waals surface area contributed by atoms with Gasteiger partial charge in [-0.15, -0.1) is 11.8 Å². The summed E-state index contributed by atoms with van der Waals surface area (Å²) in [4.78, 5) is 1.35. The molecule has 0 radical (unpaired) electrons. The van der Waals surface area contributed by atoms with Crippen LogP contribution in [0.2, 0.25) is 0 Å². The number of hydrogen-bond acceptors (Lipinski definition) is 2. The van der Waals surface area contributed by atoms with Gasteiger partial charge >= 0.3 is 0 Å². The zero-order chi connectivity index (χ0) is 10.4. The number of benzene rings is 1. The van der Waals surface area contributed by atoms with E-state index in [-0.39, 0.29) is 5.54 Å². The van der Waals surface area contributed by atoms with Crippen molar-refractivity contribution >= 4 is 11.8 Å². The Labute approximate surface area is 91.3 Å². The van der Waals surface area contributed by atoms with Crippen molar-refractivity contribution in [1.29, 1.82) is 0 Å². The number of nitrogens with one attached hydrogen (secondary N) is 1. The molecule has 1 aromatic carbocycles. The number of rotatable bonds is 4. The van der Waals surface area contributed by atoms with Crippen molar-refractivity contribution < 1.29 is 0 Å². The lowest BCUT2D eigenvalue weighted by atomic mass is 10.1. The molecule has 0 saturated heterocycles. The van der Waals surface area contributed by atoms with Gasteiger partial charge in [-0.1, -0.05) is 18.2 Å². The Kier molecular flexibility index (Phi) is 4.49. The van der Waals surface area contributed by atoms with Crippen LogP contribution in [0.1, 0.15) is 20.8 Å². The summed E-state index contributed by atoms with van der Waals surface area (Å²) in [6, 6.07) is 10.5. The lowest BCUT2D eigenvalue weighted by molar-refractivity contribution is 0.441. The smallest absolute Gasteiger partial charge is 0.0106 e. The molecule has 1 nitrogen and oxygen atoms in total. The van der Waals surface area contributed by atoms with E-state index in [0.717, 1.165) is 12.3 Å². The van der Waals surface area contributed by atoms with E-state index in [1.165, 1.54) is 4.90 Å². The molecule has 0 heterocycles. The van der Waals surface area contributed by atoms with E-state index < -0.39 is 0 Å². The summed E-state index contributed by atoms with van der Waals surface area (Å²) >= 11 is 1.90. The van der Waals surface area contributed by atoms with E-state index in [2.05, 4.69) is 56.4 Å². The van der Waals surface area contributed by atoms with Crippen LogP contribution >= 0.6 is 11.8 Å². The molecule has 0 spiro atoms. The lowest BCUT2D eigenvalue weighted by Gasteiger charge is -2.20. The summed E-state index contributed by atoms with van der Waals surface area (Å²) in [5.41, 5.74) is 0.233. The summed E-state index contributed by atoms with van der Waals surface area (Å²) in [5.74, 6) is 1.13. The van der Waals surface area contributed by atoms with Crippen molar-refractivity contribution in [3.8, 4) is 0 Å². The van der Waals surface area contributed by atoms with Crippen molar-refractivity contribution in [2.45, 2.75) is 31.2 Å². The van der Waals surface area contributed by atoms with Crippen molar-refractivity contribution in [3.63, 3.8) is 0 Å². The SMILES string of the molecule is CC(C)(C)NCCSc1ccccc1. The standard InChI is InChI=1S/C12H19NS/c1-12(2,3)13-9-10-14-11-7-5-4-6-8-11/h4-8,13H,9-10H2,1-3H3. The first kappa shape index (κ1) is 11.6. The van der Waals surface area contributed by atoms with Crippen LogP contribution in [-0.2, 0) is 0 Å². The van der Waals surface area contributed by atoms with E-state index >= 15 is 0 Å². The molecule has 0 bridgehead atoms. The van der Waals surface area contributed by atoms with Crippen molar-refractivity contribution in [2.75, 3.05) is 12.3 Å². The molecule has 2 heteroatoms. The van der Waals surface area contributed by atoms with Crippen LogP contribution in [0.25, 0.3) is 0 Å². The third-order valence-electron chi connectivity index (χ3n) is 1.77. The van der Waals surface area contributed by atoms with Gasteiger partial charge in [-0.05, 0) is 32.9 Å². The normalized spacial score (nSPS) is 11.6. The summed E-state index contributed by atoms with van der Waals surface area (Å²) in [7, 11) is 0. The molecular formula is C12H19NS. The van der Waals surface area contributed by atoms with Crippen LogP contribution < -0.4 is 5.32 Å². The fraction of sp³-hybridized carbons (Fsp3) is 0.500. The predicted octanol–water partition coefficient (Wildman–Crippen LogP) is 3.17. The Hall–Kier alpha value is -0.470. The maximum Gasteiger partial charge on any atom is 0.0106 e. The number of thioether (sulfide) groups is 1. The fourth-order valence-electron chi connectivity index (χ4n) is 1.11. The molecular weight excluding hydrogens is 190 g/mol. The topological polar surface area (TPSA) is 12.0 Å². The molecule has 0 saturated carbocycles. The Morgan fingerprint density at radius 3 is 2.36 bits per heavy atom. The second-order valence-electron chi connectivity index (χ2n) is 4.34. The highest BCUT2D eigenvalue weighted by molar-refractivity contribution is 7.99. The highest BCUT2D eigenvalue weighted by atomic mass is 32.2. The minimum atomic E-state index is 0.233. The third-order valence-corrected chi connectivity index (χ3v) is 2.78. The van der Waals surface area contributed by atoms with Crippen LogP contribution in [0.3, 0.4) is 0 Å². The average molecular weight is 209 g/mol. The van der Waals surface area contributed by atoms with E-state index in [1.54, 1.807) is 0 Å². The van der Waals surface area contributed by atoms with Gasteiger partial charge in [0.1, 0.15) is 0 Å². The summed E-state index contributed by atoms with van der Waals surface area (Å²) in [6.07, 6.45) is 0. The highest BCUT2D eigenvalue weighted by Gasteiger charge is 2.06. The third kappa shape index (κ3) is 5.30. The molecule has 0 aliphatic carbocycles. The van der Waals surface area contributed by atoms with Crippen LogP contribution in [-0.4, -0.2) is 17.8 Å². The van der Waals surface area contributed by atoms with Crippen molar-refractivity contribution in [1.82, 2.24) is 5.32 Å². The van der Waals surface area contributed by atoms with Gasteiger partial charge in [0.15, 0.2) is 0 Å². The first-order chi connectivity index (χ1) is 6.58. The first-order valence-electron chi connectivity index (χ1n) is 5.01. The molecule has 1 aromatic rings. The zero-order valence-electron chi connectivity index (χ0n) is 9.21. The Morgan fingerprint density at radius 1 is 1.14 bits per heavy atom. The number of hydrogen-bond donors (Lipinski definition) is 1. The quantitative estimate of drug-likeness (QED) is 0.604. The second-order valence-corrected chi connectivity index (χ2v) is 5.51. The maximum atomic E-state index is 3.47. The molecule has 0 aromatic heterocycles. The summed E-state index contributed by atoms with van der Waals surface area (Å²) < 4.78 is 0. The van der Waals surface area contributed by atoms with Crippen LogP contribution in [0, 0.1) is 0 Å². The monoisotopic (exact) mass is 209 g/mol. The molecule has 0 fully saturated rings. The Morgan fingerprint density at radius 2 is 1.79 bits per heavy atom. The van der Waals surface area contributed by atoms with Gasteiger partial charge in [-0.2, -0.15) is 0 Å². The molecule has 0 aliphatic heterocycles. The minimum absolute atomic E-state index is 0.233. The largest absolute Gasteiger partial charge is 0.311 e. The van der Waals surface area contributed by atoms with Crippen molar-refractivity contribution in [2.24, 2.45) is 0 Å². The van der Waals surface area contributed by atoms with Gasteiger partial charge in [0, 0.05) is 22.7 Å². The fourth-order valence-corrected chi connectivity index (χ4v) is 1.90. The van der Waals surface area contributed by atoms with Gasteiger partial charge in [0.2, 0.25) is 0 Å². The molecule has 0 unspecified atom stereocenters. The zero-order valence-corrected chi connectivity index (χ0v) is 10.0. The Bertz CT molecular complexity index is 251. The molecule has 1 N–H and O–H groups in total. The Balaban J connectivity index is 2.17. The van der Waals surface area contributed by atoms with E-state index in [0.29, 0.717) is 0 Å². The van der Waals surface area contributed by atoms with Crippen LogP contribution in [0.5, 0.6) is 0 Å². The average Bonchev–Trinajstić information content (AvgIpc) is 2.13. The van der Waals surface area contributed by atoms with E-state index in [1.807, 2.05) is 11.8 Å². The van der Waals surface area contributed by atoms with Gasteiger partial charge in [0.05, 0.1) is 0 Å². The van der Waals surface area contributed by atoms with Crippen LogP contribution in [0.4, 0.5) is 0 Å². The summed E-state index contributed by atoms with van der Waals surface area (Å²) in [6.45, 7) is 7.64. The molecule has 0 atom stereocenters. The molecule has 78 valence electrons. The molecule has 0 aliphatic rings. The lowest BCUT2D eigenvalue weighted by Crippen LogP contribution is -2.37. The predicted molar refractivity (Wildman–Crippen MR) is 64.9 cm³/mol. The van der Waals surface area contributed by atoms with Crippen LogP contribution in [0.15, 0.2) is 35.2 Å².